The maximum absolute atomic E-state index is 12.1. The van der Waals surface area contributed by atoms with Crippen molar-refractivity contribution in [3.8, 4) is 0 Å². The van der Waals surface area contributed by atoms with Crippen molar-refractivity contribution in [3.05, 3.63) is 0 Å². The molecule has 0 rings (SSSR count). The van der Waals surface area contributed by atoms with Crippen LogP contribution in [0, 0.1) is 5.92 Å². The Hall–Kier alpha value is -3.53. The van der Waals surface area contributed by atoms with Gasteiger partial charge in [-0.15, -0.1) is 0 Å². The molecule has 0 radical (unpaired) electrons. The van der Waals surface area contributed by atoms with Crippen LogP contribution in [-0.2, 0) is 63.2 Å². The molecule has 0 aromatic heterocycles. The van der Waals surface area contributed by atoms with Crippen molar-refractivity contribution in [1.29, 1.82) is 0 Å². The quantitative estimate of drug-likeness (QED) is 0.0392. The highest BCUT2D eigenvalue weighted by molar-refractivity contribution is 7.90. The summed E-state index contributed by atoms with van der Waals surface area (Å²) in [5, 5.41) is 23.3. The van der Waals surface area contributed by atoms with Crippen molar-refractivity contribution >= 4 is 61.4 Å². The summed E-state index contributed by atoms with van der Waals surface area (Å²) in [6.07, 6.45) is -2.14. The Morgan fingerprint density at radius 2 is 1.34 bits per heavy atom. The number of rotatable bonds is 28. The summed E-state index contributed by atoms with van der Waals surface area (Å²) >= 11 is 0. The number of ketones is 2. The topological polar surface area (TPSA) is 303 Å². The first-order valence-electron chi connectivity index (χ1n) is 14.5. The van der Waals surface area contributed by atoms with E-state index in [2.05, 4.69) is 10.6 Å². The number of sulfonamides is 1. The first kappa shape index (κ1) is 43.5. The normalized spacial score (nSPS) is 12.8. The Morgan fingerprint density at radius 1 is 0.723 bits per heavy atom. The Labute approximate surface area is 272 Å². The predicted octanol–water partition coefficient (Wildman–Crippen LogP) is -1.59. The molecule has 2 atom stereocenters. The van der Waals surface area contributed by atoms with Crippen LogP contribution in [0.1, 0.15) is 64.7 Å². The van der Waals surface area contributed by atoms with Gasteiger partial charge < -0.3 is 35.1 Å². The summed E-state index contributed by atoms with van der Waals surface area (Å²) in [7, 11) is -8.31. The first-order valence-corrected chi connectivity index (χ1v) is 17.7. The fourth-order valence-corrected chi connectivity index (χ4v) is 5.28. The van der Waals surface area contributed by atoms with Gasteiger partial charge in [-0.3, -0.25) is 33.2 Å². The molecule has 270 valence electrons. The molecular weight excluding hydrogens is 674 g/mol. The Kier molecular flexibility index (Phi) is 21.2. The van der Waals surface area contributed by atoms with E-state index < -0.39 is 98.5 Å². The minimum atomic E-state index is -4.27. The van der Waals surface area contributed by atoms with Crippen molar-refractivity contribution in [3.63, 3.8) is 0 Å². The number of carbonyl (C=O) groups excluding carboxylic acids is 5. The number of hydrogen-bond acceptors (Lipinski definition) is 13. The third kappa shape index (κ3) is 25.3. The number of hydrogen-bond donors (Lipinski definition) is 6. The maximum atomic E-state index is 12.1. The van der Waals surface area contributed by atoms with Crippen LogP contribution < -0.4 is 15.4 Å². The number of carbonyl (C=O) groups is 7. The van der Waals surface area contributed by atoms with Crippen molar-refractivity contribution in [2.75, 3.05) is 44.5 Å². The van der Waals surface area contributed by atoms with Gasteiger partial charge >= 0.3 is 11.9 Å². The van der Waals surface area contributed by atoms with Crippen LogP contribution >= 0.6 is 0 Å². The second-order valence-corrected chi connectivity index (χ2v) is 13.8. The fraction of sp³-hybridized carbons (Fsp3) is 0.731. The van der Waals surface area contributed by atoms with Crippen LogP contribution in [-0.4, -0.2) is 123 Å². The lowest BCUT2D eigenvalue weighted by atomic mass is 9.97. The molecule has 0 spiro atoms. The van der Waals surface area contributed by atoms with Gasteiger partial charge in [0, 0.05) is 38.6 Å². The first-order chi connectivity index (χ1) is 21.8. The molecule has 0 saturated carbocycles. The molecule has 0 unspecified atom stereocenters. The smallest absolute Gasteiger partial charge is 0.326 e. The molecule has 0 aliphatic carbocycles. The van der Waals surface area contributed by atoms with E-state index in [1.807, 2.05) is 0 Å². The molecule has 21 heteroatoms. The molecule has 0 aliphatic rings. The molecule has 0 aromatic carbocycles. The van der Waals surface area contributed by atoms with Crippen LogP contribution in [0.4, 0.5) is 0 Å². The standard InChI is InChI=1S/C26H43N3O16S2/c1-18(30)6-8-21(26(37)38)28-23(33)9-7-19(25(35)36)16-20(31)17-45-13-12-44-11-10-27-22(32)4-2-14-46(39,40)29-24(34)5-3-15-47(41,42)43/h19,21H,2-17H2,1H3,(H,27,32)(H,28,33)(H,29,34)(H,35,36)(H,37,38)(H,41,42,43)/t19-,21-/m1/s1. The van der Waals surface area contributed by atoms with E-state index in [-0.39, 0.29) is 77.1 Å². The summed E-state index contributed by atoms with van der Waals surface area (Å²) < 4.78 is 65.7. The lowest BCUT2D eigenvalue weighted by molar-refractivity contribution is -0.145. The molecule has 0 aliphatic heterocycles. The van der Waals surface area contributed by atoms with Crippen molar-refractivity contribution < 1.29 is 74.6 Å². The van der Waals surface area contributed by atoms with Crippen LogP contribution in [0.5, 0.6) is 0 Å². The summed E-state index contributed by atoms with van der Waals surface area (Å²) in [6, 6.07) is -1.30. The number of amides is 3. The molecular formula is C26H43N3O16S2. The van der Waals surface area contributed by atoms with Gasteiger partial charge in [0.2, 0.25) is 27.7 Å². The van der Waals surface area contributed by atoms with Crippen LogP contribution in [0.25, 0.3) is 0 Å². The van der Waals surface area contributed by atoms with E-state index in [0.717, 1.165) is 0 Å². The molecule has 0 aromatic rings. The van der Waals surface area contributed by atoms with E-state index in [0.29, 0.717) is 0 Å². The Bertz CT molecular complexity index is 1300. The number of carboxylic acid groups (broad SMARTS) is 2. The van der Waals surface area contributed by atoms with E-state index in [9.17, 15) is 55.5 Å². The van der Waals surface area contributed by atoms with Gasteiger partial charge in [-0.2, -0.15) is 8.42 Å². The molecule has 19 nitrogen and oxygen atoms in total. The number of carboxylic acids is 2. The molecule has 0 fully saturated rings. The van der Waals surface area contributed by atoms with E-state index in [1.54, 1.807) is 4.72 Å². The SMILES string of the molecule is CC(=O)CC[C@@H](NC(=O)CC[C@H](CC(=O)COCCOCCNC(=O)CCCS(=O)(=O)NC(=O)CCCS(=O)(=O)O)C(=O)O)C(=O)O. The zero-order chi connectivity index (χ0) is 36.0. The van der Waals surface area contributed by atoms with Crippen molar-refractivity contribution in [2.24, 2.45) is 5.92 Å². The lowest BCUT2D eigenvalue weighted by Crippen LogP contribution is -2.41. The zero-order valence-corrected chi connectivity index (χ0v) is 27.6. The van der Waals surface area contributed by atoms with Gasteiger partial charge in [-0.05, 0) is 32.6 Å². The molecule has 3 amide bonds. The van der Waals surface area contributed by atoms with Crippen LogP contribution in [0.2, 0.25) is 0 Å². The largest absolute Gasteiger partial charge is 0.481 e. The van der Waals surface area contributed by atoms with Crippen molar-refractivity contribution in [1.82, 2.24) is 15.4 Å². The van der Waals surface area contributed by atoms with E-state index >= 15 is 0 Å². The highest BCUT2D eigenvalue weighted by Gasteiger charge is 2.25. The van der Waals surface area contributed by atoms with Crippen molar-refractivity contribution in [2.45, 2.75) is 70.8 Å². The van der Waals surface area contributed by atoms with Gasteiger partial charge in [0.25, 0.3) is 10.1 Å². The minimum Gasteiger partial charge on any atom is -0.481 e. The third-order valence-electron chi connectivity index (χ3n) is 6.06. The summed E-state index contributed by atoms with van der Waals surface area (Å²) in [5.41, 5.74) is 0. The number of ether oxygens (including phenoxy) is 2. The van der Waals surface area contributed by atoms with Crippen LogP contribution in [0.3, 0.4) is 0 Å². The second-order valence-electron chi connectivity index (χ2n) is 10.4. The summed E-state index contributed by atoms with van der Waals surface area (Å²) in [4.78, 5) is 81.5. The van der Waals surface area contributed by atoms with Gasteiger partial charge in [-0.1, -0.05) is 0 Å². The lowest BCUT2D eigenvalue weighted by Gasteiger charge is -2.15. The average molecular weight is 718 g/mol. The second kappa shape index (κ2) is 22.9. The molecule has 0 saturated heterocycles. The summed E-state index contributed by atoms with van der Waals surface area (Å²) in [6.45, 7) is 0.989. The molecule has 0 heterocycles. The third-order valence-corrected chi connectivity index (χ3v) is 8.23. The monoisotopic (exact) mass is 717 g/mol. The predicted molar refractivity (Wildman–Crippen MR) is 161 cm³/mol. The van der Waals surface area contributed by atoms with Gasteiger partial charge in [-0.25, -0.2) is 13.2 Å². The van der Waals surface area contributed by atoms with Gasteiger partial charge in [0.05, 0.1) is 37.2 Å². The van der Waals surface area contributed by atoms with Gasteiger partial charge in [0.15, 0.2) is 5.78 Å². The maximum Gasteiger partial charge on any atom is 0.326 e. The number of nitrogens with one attached hydrogen (secondary N) is 3. The van der Waals surface area contributed by atoms with Crippen LogP contribution in [0.15, 0.2) is 0 Å². The average Bonchev–Trinajstić information content (AvgIpc) is 2.93. The summed E-state index contributed by atoms with van der Waals surface area (Å²) in [5.74, 6) is -8.03. The van der Waals surface area contributed by atoms with E-state index in [4.69, 9.17) is 19.1 Å². The Balaban J connectivity index is 4.12. The minimum absolute atomic E-state index is 0.0300. The zero-order valence-electron chi connectivity index (χ0n) is 25.9. The highest BCUT2D eigenvalue weighted by Crippen LogP contribution is 2.13. The molecule has 0 bridgehead atoms. The molecule has 47 heavy (non-hydrogen) atoms. The molecule has 6 N–H and O–H groups in total. The highest BCUT2D eigenvalue weighted by atomic mass is 32.2. The van der Waals surface area contributed by atoms with Gasteiger partial charge in [0.1, 0.15) is 18.4 Å². The number of aliphatic carboxylic acids is 2. The number of Topliss-reactive ketones (excluding diaryl/α,β-unsaturated/α-hetero) is 2. The van der Waals surface area contributed by atoms with E-state index in [1.165, 1.54) is 6.92 Å². The fourth-order valence-electron chi connectivity index (χ4n) is 3.69. The Morgan fingerprint density at radius 3 is 1.94 bits per heavy atom.